The van der Waals surface area contributed by atoms with Crippen molar-refractivity contribution in [2.45, 2.75) is 23.6 Å². The second kappa shape index (κ2) is 4.24. The van der Waals surface area contributed by atoms with Crippen molar-refractivity contribution in [1.29, 1.82) is 0 Å². The summed E-state index contributed by atoms with van der Waals surface area (Å²) in [6.07, 6.45) is 1.28. The van der Waals surface area contributed by atoms with Crippen molar-refractivity contribution < 1.29 is 4.92 Å². The molecule has 1 aliphatic rings. The quantitative estimate of drug-likeness (QED) is 0.539. The van der Waals surface area contributed by atoms with Gasteiger partial charge >= 0.3 is 0 Å². The molecule has 5 nitrogen and oxygen atoms in total. The second-order valence-electron chi connectivity index (χ2n) is 4.48. The predicted molar refractivity (Wildman–Crippen MR) is 74.2 cm³/mol. The topological polar surface area (TPSA) is 68.1 Å². The van der Waals surface area contributed by atoms with E-state index in [0.717, 1.165) is 21.0 Å². The van der Waals surface area contributed by atoms with E-state index in [0.29, 0.717) is 5.82 Å². The van der Waals surface area contributed by atoms with Crippen LogP contribution in [0, 0.1) is 24.0 Å². The molecule has 96 valence electrons. The van der Waals surface area contributed by atoms with Crippen LogP contribution >= 0.6 is 11.8 Å². The minimum Gasteiger partial charge on any atom is -0.338 e. The molecule has 2 aromatic rings. The summed E-state index contributed by atoms with van der Waals surface area (Å²) in [6, 6.07) is 5.73. The van der Waals surface area contributed by atoms with E-state index in [4.69, 9.17) is 0 Å². The highest BCUT2D eigenvalue weighted by Crippen LogP contribution is 2.45. The zero-order valence-electron chi connectivity index (χ0n) is 10.4. The van der Waals surface area contributed by atoms with Gasteiger partial charge in [-0.05, 0) is 31.0 Å². The van der Waals surface area contributed by atoms with Crippen molar-refractivity contribution in [3.8, 4) is 0 Å². The van der Waals surface area contributed by atoms with E-state index < -0.39 is 4.92 Å². The summed E-state index contributed by atoms with van der Waals surface area (Å²) in [6.45, 7) is 4.07. The Morgan fingerprint density at radius 3 is 2.79 bits per heavy atom. The zero-order valence-corrected chi connectivity index (χ0v) is 11.2. The van der Waals surface area contributed by atoms with Crippen LogP contribution in [0.4, 0.5) is 17.2 Å². The van der Waals surface area contributed by atoms with Gasteiger partial charge in [0.15, 0.2) is 0 Å². The number of rotatable bonds is 1. The van der Waals surface area contributed by atoms with Crippen molar-refractivity contribution in [2.24, 2.45) is 0 Å². The van der Waals surface area contributed by atoms with Gasteiger partial charge in [0.05, 0.1) is 15.5 Å². The lowest BCUT2D eigenvalue weighted by molar-refractivity contribution is -0.385. The van der Waals surface area contributed by atoms with Crippen molar-refractivity contribution >= 4 is 29.0 Å². The van der Waals surface area contributed by atoms with Crippen LogP contribution in [0.25, 0.3) is 0 Å². The molecule has 0 saturated carbocycles. The minimum absolute atomic E-state index is 0.0147. The lowest BCUT2D eigenvalue weighted by Crippen LogP contribution is -2.05. The van der Waals surface area contributed by atoms with Gasteiger partial charge in [-0.25, -0.2) is 4.98 Å². The summed E-state index contributed by atoms with van der Waals surface area (Å²) in [4.78, 5) is 16.3. The molecular formula is C13H11N3O2S. The largest absolute Gasteiger partial charge is 0.338 e. The first-order valence-corrected chi connectivity index (χ1v) is 6.57. The smallest absolute Gasteiger partial charge is 0.288 e. The van der Waals surface area contributed by atoms with Crippen LogP contribution in [0.2, 0.25) is 0 Å². The van der Waals surface area contributed by atoms with Crippen LogP contribution < -0.4 is 5.32 Å². The number of anilines is 2. The van der Waals surface area contributed by atoms with Gasteiger partial charge in [-0.2, -0.15) is 0 Å². The van der Waals surface area contributed by atoms with Crippen LogP contribution in [0.15, 0.2) is 34.2 Å². The number of aromatic nitrogens is 1. The highest BCUT2D eigenvalue weighted by atomic mass is 32.2. The lowest BCUT2D eigenvalue weighted by Gasteiger charge is -2.21. The molecule has 0 radical (unpaired) electrons. The molecule has 6 heteroatoms. The zero-order chi connectivity index (χ0) is 13.6. The Labute approximate surface area is 114 Å². The number of nitrogens with one attached hydrogen (secondary N) is 1. The molecular weight excluding hydrogens is 262 g/mol. The van der Waals surface area contributed by atoms with Crippen LogP contribution in [0.5, 0.6) is 0 Å². The number of benzene rings is 1. The van der Waals surface area contributed by atoms with Gasteiger partial charge in [0.2, 0.25) is 0 Å². The van der Waals surface area contributed by atoms with Gasteiger partial charge in [-0.3, -0.25) is 10.1 Å². The van der Waals surface area contributed by atoms with Crippen LogP contribution in [-0.2, 0) is 0 Å². The number of nitrogens with zero attached hydrogens (tertiary/aromatic N) is 2. The molecule has 0 spiro atoms. The normalized spacial score (nSPS) is 12.3. The van der Waals surface area contributed by atoms with Crippen molar-refractivity contribution in [3.63, 3.8) is 0 Å². The minimum atomic E-state index is -0.426. The van der Waals surface area contributed by atoms with Crippen LogP contribution in [-0.4, -0.2) is 9.91 Å². The molecule has 0 fully saturated rings. The molecule has 0 unspecified atom stereocenters. The number of nitro groups is 1. The number of fused-ring (bicyclic) bond motifs is 2. The van der Waals surface area contributed by atoms with E-state index in [1.807, 2.05) is 13.8 Å². The Morgan fingerprint density at radius 1 is 1.26 bits per heavy atom. The van der Waals surface area contributed by atoms with E-state index in [-0.39, 0.29) is 5.69 Å². The first-order chi connectivity index (χ1) is 9.04. The summed E-state index contributed by atoms with van der Waals surface area (Å²) in [7, 11) is 0. The maximum absolute atomic E-state index is 10.8. The molecule has 3 rings (SSSR count). The van der Waals surface area contributed by atoms with E-state index in [1.165, 1.54) is 23.5 Å². The average molecular weight is 273 g/mol. The molecule has 0 aliphatic carbocycles. The van der Waals surface area contributed by atoms with Crippen LogP contribution in [0.3, 0.4) is 0 Å². The SMILES string of the molecule is Cc1cc(C)c2c(c1)Sc1cc([N+](=O)[O-])cnc1N2. The summed E-state index contributed by atoms with van der Waals surface area (Å²) in [5.74, 6) is 0.676. The lowest BCUT2D eigenvalue weighted by atomic mass is 10.1. The molecule has 19 heavy (non-hydrogen) atoms. The Balaban J connectivity index is 2.09. The molecule has 1 aromatic heterocycles. The summed E-state index contributed by atoms with van der Waals surface area (Å²) < 4.78 is 0. The van der Waals surface area contributed by atoms with E-state index >= 15 is 0 Å². The summed E-state index contributed by atoms with van der Waals surface area (Å²) in [5.41, 5.74) is 3.37. The predicted octanol–water partition coefficient (Wildman–Crippen LogP) is 3.81. The van der Waals surface area contributed by atoms with Crippen LogP contribution in [0.1, 0.15) is 11.1 Å². The Kier molecular flexibility index (Phi) is 2.67. The number of hydrogen-bond donors (Lipinski definition) is 1. The van der Waals surface area contributed by atoms with E-state index in [9.17, 15) is 10.1 Å². The molecule has 0 saturated heterocycles. The third-order valence-electron chi connectivity index (χ3n) is 2.96. The number of aryl methyl sites for hydroxylation is 2. The third-order valence-corrected chi connectivity index (χ3v) is 4.03. The highest BCUT2D eigenvalue weighted by Gasteiger charge is 2.21. The van der Waals surface area contributed by atoms with E-state index in [1.54, 1.807) is 6.07 Å². The summed E-state index contributed by atoms with van der Waals surface area (Å²) in [5, 5.41) is 14.0. The first-order valence-electron chi connectivity index (χ1n) is 5.75. The number of hydrogen-bond acceptors (Lipinski definition) is 5. The van der Waals surface area contributed by atoms with Crippen molar-refractivity contribution in [3.05, 3.63) is 45.6 Å². The Bertz CT molecular complexity index is 701. The van der Waals surface area contributed by atoms with Crippen molar-refractivity contribution in [1.82, 2.24) is 4.98 Å². The van der Waals surface area contributed by atoms with Gasteiger partial charge in [-0.1, -0.05) is 17.8 Å². The highest BCUT2D eigenvalue weighted by molar-refractivity contribution is 7.99. The first kappa shape index (κ1) is 12.0. The molecule has 0 atom stereocenters. The second-order valence-corrected chi connectivity index (χ2v) is 5.56. The molecule has 1 aromatic carbocycles. The average Bonchev–Trinajstić information content (AvgIpc) is 2.35. The maximum Gasteiger partial charge on any atom is 0.288 e. The van der Waals surface area contributed by atoms with Gasteiger partial charge < -0.3 is 5.32 Å². The van der Waals surface area contributed by atoms with Gasteiger partial charge in [0.1, 0.15) is 12.0 Å². The Morgan fingerprint density at radius 2 is 2.05 bits per heavy atom. The standard InChI is InChI=1S/C13H11N3O2S/c1-7-3-8(2)12-10(4-7)19-11-5-9(16(17)18)6-14-13(11)15-12/h3-6H,1-2H3,(H,14,15). The maximum atomic E-state index is 10.8. The van der Waals surface area contributed by atoms with Crippen molar-refractivity contribution in [2.75, 3.05) is 5.32 Å². The molecule has 1 aliphatic heterocycles. The van der Waals surface area contributed by atoms with Gasteiger partial charge in [0, 0.05) is 11.0 Å². The fourth-order valence-corrected chi connectivity index (χ4v) is 3.29. The van der Waals surface area contributed by atoms with Gasteiger partial charge in [0.25, 0.3) is 5.69 Å². The monoisotopic (exact) mass is 273 g/mol. The summed E-state index contributed by atoms with van der Waals surface area (Å²) >= 11 is 1.51. The molecule has 0 amide bonds. The third kappa shape index (κ3) is 2.04. The van der Waals surface area contributed by atoms with Gasteiger partial charge in [-0.15, -0.1) is 0 Å². The van der Waals surface area contributed by atoms with E-state index in [2.05, 4.69) is 22.4 Å². The fourth-order valence-electron chi connectivity index (χ4n) is 2.11. The number of pyridine rings is 1. The molecule has 1 N–H and O–H groups in total. The fraction of sp³-hybridized carbons (Fsp3) is 0.154. The molecule has 0 bridgehead atoms. The Hall–Kier alpha value is -2.08. The molecule has 2 heterocycles.